The van der Waals surface area contributed by atoms with Crippen LogP contribution in [0.15, 0.2) is 67.3 Å². The summed E-state index contributed by atoms with van der Waals surface area (Å²) in [4.78, 5) is 12.4. The fraction of sp³-hybridized carbons (Fsp3) is 0.286. The molecular formula is C21H26O3. The minimum absolute atomic E-state index is 0.274. The van der Waals surface area contributed by atoms with Crippen LogP contribution < -0.4 is 0 Å². The lowest BCUT2D eigenvalue weighted by Crippen LogP contribution is -2.14. The van der Waals surface area contributed by atoms with Gasteiger partial charge in [-0.05, 0) is 31.4 Å². The van der Waals surface area contributed by atoms with Gasteiger partial charge >= 0.3 is 0 Å². The zero-order chi connectivity index (χ0) is 17.8. The Morgan fingerprint density at radius 3 is 2.21 bits per heavy atom. The predicted octanol–water partition coefficient (Wildman–Crippen LogP) is 4.37. The number of Topliss-reactive ketones (excluding diaryl/α,β-unsaturated/α-hetero) is 1. The quantitative estimate of drug-likeness (QED) is 0.607. The van der Waals surface area contributed by atoms with Crippen LogP contribution in [0.3, 0.4) is 0 Å². The van der Waals surface area contributed by atoms with Crippen LogP contribution in [-0.4, -0.2) is 24.1 Å². The lowest BCUT2D eigenvalue weighted by atomic mass is 9.95. The molecule has 0 amide bonds. The van der Waals surface area contributed by atoms with E-state index in [1.54, 1.807) is 30.3 Å². The Morgan fingerprint density at radius 2 is 1.67 bits per heavy atom. The van der Waals surface area contributed by atoms with E-state index >= 15 is 0 Å². The van der Waals surface area contributed by atoms with Gasteiger partial charge in [-0.15, -0.1) is 6.58 Å². The summed E-state index contributed by atoms with van der Waals surface area (Å²) in [6, 6.07) is 16.3. The highest BCUT2D eigenvalue weighted by molar-refractivity contribution is 6.01. The lowest BCUT2D eigenvalue weighted by Gasteiger charge is -2.12. The van der Waals surface area contributed by atoms with Crippen LogP contribution >= 0.6 is 0 Å². The first-order valence-electron chi connectivity index (χ1n) is 8.19. The van der Waals surface area contributed by atoms with Crippen molar-refractivity contribution in [2.45, 2.75) is 26.4 Å². The second-order valence-corrected chi connectivity index (χ2v) is 5.11. The zero-order valence-electron chi connectivity index (χ0n) is 14.4. The van der Waals surface area contributed by atoms with Crippen molar-refractivity contribution < 1.29 is 14.6 Å². The van der Waals surface area contributed by atoms with Crippen molar-refractivity contribution in [3.8, 4) is 0 Å². The van der Waals surface area contributed by atoms with Crippen LogP contribution in [0.5, 0.6) is 0 Å². The molecule has 0 heterocycles. The molecule has 0 aliphatic heterocycles. The van der Waals surface area contributed by atoms with Gasteiger partial charge in [-0.2, -0.15) is 0 Å². The summed E-state index contributed by atoms with van der Waals surface area (Å²) in [6.45, 7) is 9.35. The van der Waals surface area contributed by atoms with Crippen molar-refractivity contribution in [1.29, 1.82) is 0 Å². The standard InChI is InChI=1S/C17H16O2.C4H10O/c1-2-8-13-9-6-7-12-15(13)17(19)16(18)14-10-4-3-5-11-14;1-3-5-4-2/h2-7,9-12,16,18H,1,8H2;3-4H2,1-2H3. The Hall–Kier alpha value is -2.23. The van der Waals surface area contributed by atoms with E-state index in [1.165, 1.54) is 0 Å². The van der Waals surface area contributed by atoms with Crippen LogP contribution in [0, 0.1) is 0 Å². The number of carbonyl (C=O) groups is 1. The number of benzene rings is 2. The maximum Gasteiger partial charge on any atom is 0.196 e. The SMILES string of the molecule is C=CCc1ccccc1C(=O)C(O)c1ccccc1.CCOCC. The van der Waals surface area contributed by atoms with E-state index in [4.69, 9.17) is 4.74 Å². The summed E-state index contributed by atoms with van der Waals surface area (Å²) < 4.78 is 4.83. The summed E-state index contributed by atoms with van der Waals surface area (Å²) in [6.07, 6.45) is 1.25. The molecule has 0 radical (unpaired) electrons. The van der Waals surface area contributed by atoms with E-state index in [-0.39, 0.29) is 5.78 Å². The molecule has 0 aromatic heterocycles. The number of rotatable bonds is 7. The van der Waals surface area contributed by atoms with Crippen LogP contribution in [0.25, 0.3) is 0 Å². The number of hydrogen-bond acceptors (Lipinski definition) is 3. The molecular weight excluding hydrogens is 300 g/mol. The molecule has 0 fully saturated rings. The van der Waals surface area contributed by atoms with Gasteiger partial charge in [-0.25, -0.2) is 0 Å². The number of aliphatic hydroxyl groups is 1. The largest absolute Gasteiger partial charge is 0.382 e. The van der Waals surface area contributed by atoms with Crippen molar-refractivity contribution in [2.75, 3.05) is 13.2 Å². The van der Waals surface area contributed by atoms with Crippen molar-refractivity contribution in [2.24, 2.45) is 0 Å². The van der Waals surface area contributed by atoms with Crippen molar-refractivity contribution in [3.05, 3.63) is 83.9 Å². The number of aliphatic hydroxyl groups excluding tert-OH is 1. The van der Waals surface area contributed by atoms with Gasteiger partial charge in [0.15, 0.2) is 5.78 Å². The van der Waals surface area contributed by atoms with E-state index in [0.717, 1.165) is 18.8 Å². The highest BCUT2D eigenvalue weighted by atomic mass is 16.5. The minimum atomic E-state index is -1.12. The van der Waals surface area contributed by atoms with Gasteiger partial charge in [0.25, 0.3) is 0 Å². The highest BCUT2D eigenvalue weighted by Crippen LogP contribution is 2.21. The molecule has 0 aliphatic rings. The number of carbonyl (C=O) groups excluding carboxylic acids is 1. The predicted molar refractivity (Wildman–Crippen MR) is 98.2 cm³/mol. The van der Waals surface area contributed by atoms with E-state index in [2.05, 4.69) is 6.58 Å². The van der Waals surface area contributed by atoms with Gasteiger partial charge in [0.05, 0.1) is 0 Å². The maximum absolute atomic E-state index is 12.4. The van der Waals surface area contributed by atoms with Gasteiger partial charge in [-0.1, -0.05) is 60.7 Å². The second kappa shape index (κ2) is 11.3. The van der Waals surface area contributed by atoms with E-state index in [0.29, 0.717) is 17.5 Å². The topological polar surface area (TPSA) is 46.5 Å². The molecule has 0 saturated carbocycles. The van der Waals surface area contributed by atoms with E-state index < -0.39 is 6.10 Å². The molecule has 3 heteroatoms. The van der Waals surface area contributed by atoms with Gasteiger partial charge in [0.1, 0.15) is 6.10 Å². The fourth-order valence-corrected chi connectivity index (χ4v) is 2.23. The van der Waals surface area contributed by atoms with Crippen LogP contribution in [0.2, 0.25) is 0 Å². The molecule has 2 rings (SSSR count). The highest BCUT2D eigenvalue weighted by Gasteiger charge is 2.20. The Kier molecular flexibility index (Phi) is 9.35. The summed E-state index contributed by atoms with van der Waals surface area (Å²) in [5.74, 6) is -0.274. The Bertz CT molecular complexity index is 618. The smallest absolute Gasteiger partial charge is 0.196 e. The summed E-state index contributed by atoms with van der Waals surface area (Å²) in [5, 5.41) is 10.2. The third-order valence-electron chi connectivity index (χ3n) is 3.42. The van der Waals surface area contributed by atoms with Gasteiger partial charge < -0.3 is 9.84 Å². The molecule has 3 nitrogen and oxygen atoms in total. The molecule has 2 aromatic rings. The third-order valence-corrected chi connectivity index (χ3v) is 3.42. The molecule has 0 spiro atoms. The Labute approximate surface area is 144 Å². The number of hydrogen-bond donors (Lipinski definition) is 1. The second-order valence-electron chi connectivity index (χ2n) is 5.11. The van der Waals surface area contributed by atoms with Crippen LogP contribution in [0.1, 0.15) is 41.4 Å². The van der Waals surface area contributed by atoms with E-state index in [1.807, 2.05) is 44.2 Å². The van der Waals surface area contributed by atoms with Crippen LogP contribution in [0.4, 0.5) is 0 Å². The monoisotopic (exact) mass is 326 g/mol. The Balaban J connectivity index is 0.000000505. The molecule has 1 unspecified atom stereocenters. The first-order valence-corrected chi connectivity index (χ1v) is 8.19. The van der Waals surface area contributed by atoms with Gasteiger partial charge in [0.2, 0.25) is 0 Å². The lowest BCUT2D eigenvalue weighted by molar-refractivity contribution is 0.0746. The average Bonchev–Trinajstić information content (AvgIpc) is 2.63. The molecule has 1 atom stereocenters. The first kappa shape index (κ1) is 19.8. The third kappa shape index (κ3) is 6.11. The molecule has 128 valence electrons. The number of ether oxygens (including phenoxy) is 1. The summed E-state index contributed by atoms with van der Waals surface area (Å²) >= 11 is 0. The first-order chi connectivity index (χ1) is 11.7. The van der Waals surface area contributed by atoms with Gasteiger partial charge in [0, 0.05) is 18.8 Å². The van der Waals surface area contributed by atoms with Crippen molar-refractivity contribution in [3.63, 3.8) is 0 Å². The number of allylic oxidation sites excluding steroid dienone is 1. The van der Waals surface area contributed by atoms with Crippen molar-refractivity contribution >= 4 is 5.78 Å². The summed E-state index contributed by atoms with van der Waals surface area (Å²) in [5.41, 5.74) is 2.05. The normalized spacial score (nSPS) is 11.1. The molecule has 0 bridgehead atoms. The molecule has 24 heavy (non-hydrogen) atoms. The molecule has 2 aromatic carbocycles. The fourth-order valence-electron chi connectivity index (χ4n) is 2.23. The van der Waals surface area contributed by atoms with Crippen LogP contribution in [-0.2, 0) is 11.2 Å². The molecule has 0 saturated heterocycles. The van der Waals surface area contributed by atoms with Gasteiger partial charge in [-0.3, -0.25) is 4.79 Å². The Morgan fingerprint density at radius 1 is 1.08 bits per heavy atom. The average molecular weight is 326 g/mol. The number of ketones is 1. The molecule has 1 N–H and O–H groups in total. The van der Waals surface area contributed by atoms with E-state index in [9.17, 15) is 9.90 Å². The maximum atomic E-state index is 12.4. The molecule has 0 aliphatic carbocycles. The van der Waals surface area contributed by atoms with Crippen molar-refractivity contribution in [1.82, 2.24) is 0 Å². The zero-order valence-corrected chi connectivity index (χ0v) is 14.4. The summed E-state index contributed by atoms with van der Waals surface area (Å²) in [7, 11) is 0. The minimum Gasteiger partial charge on any atom is -0.382 e.